The minimum Gasteiger partial charge on any atom is -0.445 e. The Morgan fingerprint density at radius 1 is 0.868 bits per heavy atom. The Morgan fingerprint density at radius 2 is 1.58 bits per heavy atom. The fraction of sp³-hybridized carbons (Fsp3) is 0.444. The second-order valence-electron chi connectivity index (χ2n) is 9.85. The average molecular weight is 560 g/mol. The number of rotatable bonds is 5. The number of halogens is 2. The molecule has 1 atom stereocenters. The van der Waals surface area contributed by atoms with Crippen LogP contribution in [0, 0.1) is 0 Å². The van der Waals surface area contributed by atoms with Gasteiger partial charge in [-0.25, -0.2) is 9.59 Å². The first-order valence-corrected chi connectivity index (χ1v) is 13.7. The van der Waals surface area contributed by atoms with E-state index in [9.17, 15) is 14.4 Å². The Morgan fingerprint density at radius 3 is 2.26 bits per heavy atom. The van der Waals surface area contributed by atoms with Crippen LogP contribution in [0.15, 0.2) is 48.5 Å². The molecule has 4 amide bonds. The molecule has 1 saturated carbocycles. The molecule has 2 aliphatic heterocycles. The SMILES string of the molecule is O=C(Nc1ccc(Cl)c(Cl)c1)N1CCN(C(=O)C2CN(C3CC3)CCN2C(=O)OCc2ccccc2)CC1. The second-order valence-corrected chi connectivity index (χ2v) is 10.7. The lowest BCUT2D eigenvalue weighted by Gasteiger charge is -2.43. The molecule has 11 heteroatoms. The van der Waals surface area contributed by atoms with Gasteiger partial charge in [-0.2, -0.15) is 0 Å². The highest BCUT2D eigenvalue weighted by Crippen LogP contribution is 2.30. The number of carbonyl (C=O) groups excluding carboxylic acids is 3. The van der Waals surface area contributed by atoms with Gasteiger partial charge in [-0.05, 0) is 36.6 Å². The normalized spacial score (nSPS) is 20.3. The first-order chi connectivity index (χ1) is 18.4. The molecule has 202 valence electrons. The number of piperazine rings is 2. The number of hydrogen-bond donors (Lipinski definition) is 1. The molecule has 2 aromatic carbocycles. The van der Waals surface area contributed by atoms with Gasteiger partial charge < -0.3 is 19.9 Å². The van der Waals surface area contributed by atoms with E-state index in [1.807, 2.05) is 30.3 Å². The van der Waals surface area contributed by atoms with Crippen molar-refractivity contribution in [1.82, 2.24) is 19.6 Å². The van der Waals surface area contributed by atoms with E-state index in [2.05, 4.69) is 10.2 Å². The number of urea groups is 1. The summed E-state index contributed by atoms with van der Waals surface area (Å²) in [5.41, 5.74) is 1.45. The van der Waals surface area contributed by atoms with Gasteiger partial charge in [0, 0.05) is 57.5 Å². The van der Waals surface area contributed by atoms with Crippen LogP contribution in [0.1, 0.15) is 18.4 Å². The van der Waals surface area contributed by atoms with Gasteiger partial charge in [0.15, 0.2) is 0 Å². The maximum Gasteiger partial charge on any atom is 0.410 e. The molecule has 1 unspecified atom stereocenters. The standard InChI is InChI=1S/C27H31Cl2N5O4/c28-22-9-6-20(16-23(22)29)30-26(36)32-12-10-31(11-13-32)25(35)24-17-33(21-7-8-21)14-15-34(24)27(37)38-18-19-4-2-1-3-5-19/h1-6,9,16,21,24H,7-8,10-15,17-18H2,(H,30,36). The number of nitrogens with one attached hydrogen (secondary N) is 1. The molecule has 5 rings (SSSR count). The zero-order valence-corrected chi connectivity index (χ0v) is 22.5. The summed E-state index contributed by atoms with van der Waals surface area (Å²) in [6, 6.07) is 14.0. The van der Waals surface area contributed by atoms with Crippen LogP contribution in [0.4, 0.5) is 15.3 Å². The number of amides is 4. The Hall–Kier alpha value is -3.01. The predicted molar refractivity (Wildman–Crippen MR) is 145 cm³/mol. The molecule has 1 N–H and O–H groups in total. The summed E-state index contributed by atoms with van der Waals surface area (Å²) < 4.78 is 5.59. The summed E-state index contributed by atoms with van der Waals surface area (Å²) in [5, 5.41) is 3.60. The molecule has 0 bridgehead atoms. The van der Waals surface area contributed by atoms with Crippen LogP contribution in [-0.2, 0) is 16.1 Å². The molecule has 38 heavy (non-hydrogen) atoms. The van der Waals surface area contributed by atoms with Crippen molar-refractivity contribution in [2.45, 2.75) is 31.5 Å². The highest BCUT2D eigenvalue weighted by atomic mass is 35.5. The molecule has 0 aromatic heterocycles. The van der Waals surface area contributed by atoms with Crippen molar-refractivity contribution in [2.24, 2.45) is 0 Å². The second kappa shape index (κ2) is 11.8. The molecule has 0 radical (unpaired) electrons. The molecule has 2 aromatic rings. The first-order valence-electron chi connectivity index (χ1n) is 12.9. The summed E-state index contributed by atoms with van der Waals surface area (Å²) in [6.45, 7) is 3.40. The third-order valence-corrected chi connectivity index (χ3v) is 7.99. The number of carbonyl (C=O) groups is 3. The number of nitrogens with zero attached hydrogens (tertiary/aromatic N) is 4. The smallest absolute Gasteiger partial charge is 0.410 e. The minimum absolute atomic E-state index is 0.100. The molecule has 2 heterocycles. The van der Waals surface area contributed by atoms with Crippen LogP contribution in [-0.4, -0.2) is 95.5 Å². The first kappa shape index (κ1) is 26.6. The number of hydrogen-bond acceptors (Lipinski definition) is 5. The maximum absolute atomic E-state index is 13.7. The van der Waals surface area contributed by atoms with Gasteiger partial charge in [-0.1, -0.05) is 53.5 Å². The molecule has 3 aliphatic rings. The zero-order chi connectivity index (χ0) is 26.6. The summed E-state index contributed by atoms with van der Waals surface area (Å²) in [7, 11) is 0. The van der Waals surface area contributed by atoms with Gasteiger partial charge in [0.25, 0.3) is 0 Å². The van der Waals surface area contributed by atoms with E-state index in [1.54, 1.807) is 32.9 Å². The van der Waals surface area contributed by atoms with Crippen LogP contribution in [0.25, 0.3) is 0 Å². The molecule has 3 fully saturated rings. The van der Waals surface area contributed by atoms with Gasteiger partial charge in [-0.15, -0.1) is 0 Å². The van der Waals surface area contributed by atoms with Crippen LogP contribution in [0.3, 0.4) is 0 Å². The Kier molecular flexibility index (Phi) is 8.26. The van der Waals surface area contributed by atoms with Crippen molar-refractivity contribution in [3.8, 4) is 0 Å². The average Bonchev–Trinajstić information content (AvgIpc) is 3.79. The van der Waals surface area contributed by atoms with Crippen LogP contribution < -0.4 is 5.32 Å². The van der Waals surface area contributed by atoms with E-state index < -0.39 is 12.1 Å². The van der Waals surface area contributed by atoms with E-state index in [4.69, 9.17) is 27.9 Å². The van der Waals surface area contributed by atoms with Crippen molar-refractivity contribution in [1.29, 1.82) is 0 Å². The lowest BCUT2D eigenvalue weighted by molar-refractivity contribution is -0.140. The summed E-state index contributed by atoms with van der Waals surface area (Å²) in [6.07, 6.45) is 1.79. The Balaban J connectivity index is 1.18. The highest BCUT2D eigenvalue weighted by Gasteiger charge is 2.42. The fourth-order valence-electron chi connectivity index (χ4n) is 4.92. The third kappa shape index (κ3) is 6.34. The summed E-state index contributed by atoms with van der Waals surface area (Å²) >= 11 is 12.0. The predicted octanol–water partition coefficient (Wildman–Crippen LogP) is 4.15. The Bertz CT molecular complexity index is 1170. The topological polar surface area (TPSA) is 85.4 Å². The summed E-state index contributed by atoms with van der Waals surface area (Å²) in [4.78, 5) is 46.8. The lowest BCUT2D eigenvalue weighted by atomic mass is 10.1. The number of ether oxygens (including phenoxy) is 1. The van der Waals surface area contributed by atoms with Crippen molar-refractivity contribution in [3.63, 3.8) is 0 Å². The van der Waals surface area contributed by atoms with Gasteiger partial charge in [-0.3, -0.25) is 14.6 Å². The Labute approximate surface area is 232 Å². The molecule has 0 spiro atoms. The van der Waals surface area contributed by atoms with Gasteiger partial charge in [0.05, 0.1) is 10.0 Å². The van der Waals surface area contributed by atoms with Crippen molar-refractivity contribution in [3.05, 3.63) is 64.1 Å². The van der Waals surface area contributed by atoms with Crippen molar-refractivity contribution < 1.29 is 19.1 Å². The number of benzene rings is 2. The molecular formula is C27H31Cl2N5O4. The van der Waals surface area contributed by atoms with Crippen molar-refractivity contribution >= 4 is 46.9 Å². The molecule has 1 aliphatic carbocycles. The minimum atomic E-state index is -0.607. The van der Waals surface area contributed by atoms with E-state index >= 15 is 0 Å². The molecular weight excluding hydrogens is 529 g/mol. The van der Waals surface area contributed by atoms with E-state index in [1.165, 1.54) is 0 Å². The van der Waals surface area contributed by atoms with Crippen molar-refractivity contribution in [2.75, 3.05) is 51.1 Å². The lowest BCUT2D eigenvalue weighted by Crippen LogP contribution is -2.63. The fourth-order valence-corrected chi connectivity index (χ4v) is 5.22. The summed E-state index contributed by atoms with van der Waals surface area (Å²) in [5.74, 6) is -0.100. The van der Waals surface area contributed by atoms with Gasteiger partial charge in [0.2, 0.25) is 5.91 Å². The van der Waals surface area contributed by atoms with E-state index in [0.29, 0.717) is 61.0 Å². The number of anilines is 1. The van der Waals surface area contributed by atoms with E-state index in [0.717, 1.165) is 24.9 Å². The monoisotopic (exact) mass is 559 g/mol. The maximum atomic E-state index is 13.7. The third-order valence-electron chi connectivity index (χ3n) is 7.25. The van der Waals surface area contributed by atoms with Crippen LogP contribution >= 0.6 is 23.2 Å². The highest BCUT2D eigenvalue weighted by molar-refractivity contribution is 6.42. The van der Waals surface area contributed by atoms with Gasteiger partial charge >= 0.3 is 12.1 Å². The molecule has 9 nitrogen and oxygen atoms in total. The van der Waals surface area contributed by atoms with Crippen LogP contribution in [0.2, 0.25) is 10.0 Å². The quantitative estimate of drug-likeness (QED) is 0.594. The molecule has 2 saturated heterocycles. The van der Waals surface area contributed by atoms with Gasteiger partial charge in [0.1, 0.15) is 12.6 Å². The van der Waals surface area contributed by atoms with Crippen LogP contribution in [0.5, 0.6) is 0 Å². The zero-order valence-electron chi connectivity index (χ0n) is 21.0. The largest absolute Gasteiger partial charge is 0.445 e. The van der Waals surface area contributed by atoms with E-state index in [-0.39, 0.29) is 18.5 Å².